The van der Waals surface area contributed by atoms with Crippen molar-refractivity contribution in [2.45, 2.75) is 77.2 Å². The summed E-state index contributed by atoms with van der Waals surface area (Å²) in [5.74, 6) is -3.87. The number of carbonyl (C=O) groups is 4. The zero-order valence-corrected chi connectivity index (χ0v) is 17.4. The van der Waals surface area contributed by atoms with Crippen LogP contribution in [0, 0.1) is 0 Å². The lowest BCUT2D eigenvalue weighted by molar-refractivity contribution is -0.144. The molecule has 0 spiro atoms. The van der Waals surface area contributed by atoms with Gasteiger partial charge in [0.05, 0.1) is 25.7 Å². The minimum absolute atomic E-state index is 0.108. The van der Waals surface area contributed by atoms with Crippen LogP contribution in [0.2, 0.25) is 0 Å². The zero-order chi connectivity index (χ0) is 22.1. The van der Waals surface area contributed by atoms with Gasteiger partial charge in [0.2, 0.25) is 0 Å². The van der Waals surface area contributed by atoms with Crippen molar-refractivity contribution in [3.05, 3.63) is 0 Å². The number of unbranched alkanes of at least 4 members (excludes halogenated alkanes) is 8. The van der Waals surface area contributed by atoms with Crippen LogP contribution in [0.1, 0.15) is 71.1 Å². The maximum Gasteiger partial charge on any atom is 0.317 e. The number of carbonyl (C=O) groups excluding carboxylic acids is 1. The molecule has 0 aromatic heterocycles. The Morgan fingerprint density at radius 2 is 1.24 bits per heavy atom. The number of hydrogen-bond donors (Lipinski definition) is 4. The summed E-state index contributed by atoms with van der Waals surface area (Å²) in [7, 11) is 0. The first-order chi connectivity index (χ1) is 13.8. The van der Waals surface area contributed by atoms with Crippen molar-refractivity contribution in [3.63, 3.8) is 0 Å². The van der Waals surface area contributed by atoms with Gasteiger partial charge < -0.3 is 20.6 Å². The first-order valence-corrected chi connectivity index (χ1v) is 10.4. The molecule has 9 nitrogen and oxygen atoms in total. The first kappa shape index (κ1) is 27.0. The Morgan fingerprint density at radius 3 is 1.69 bits per heavy atom. The van der Waals surface area contributed by atoms with Gasteiger partial charge in [-0.05, 0) is 6.42 Å². The number of ketones is 1. The minimum atomic E-state index is -1.25. The molecule has 0 saturated carbocycles. The smallest absolute Gasteiger partial charge is 0.317 e. The Labute approximate surface area is 172 Å². The molecule has 0 aliphatic carbocycles. The SMILES string of the molecule is CCCCCCCCCCCC(=O)C(CNCC(=O)O)N(CC(=O)O)CC(=O)O. The second kappa shape index (κ2) is 16.9. The number of aliphatic carboxylic acids is 3. The largest absolute Gasteiger partial charge is 0.480 e. The minimum Gasteiger partial charge on any atom is -0.480 e. The Kier molecular flexibility index (Phi) is 15.7. The number of carboxylic acids is 3. The van der Waals surface area contributed by atoms with Gasteiger partial charge in [0, 0.05) is 13.0 Å². The van der Waals surface area contributed by atoms with Crippen LogP contribution in [0.3, 0.4) is 0 Å². The van der Waals surface area contributed by atoms with Crippen LogP contribution in [0.4, 0.5) is 0 Å². The van der Waals surface area contributed by atoms with Gasteiger partial charge in [-0.15, -0.1) is 0 Å². The molecule has 1 unspecified atom stereocenters. The predicted octanol–water partition coefficient (Wildman–Crippen LogP) is 1.99. The maximum absolute atomic E-state index is 12.6. The molecule has 0 aromatic rings. The summed E-state index contributed by atoms with van der Waals surface area (Å²) in [6, 6.07) is -0.990. The lowest BCUT2D eigenvalue weighted by atomic mass is 10.0. The fourth-order valence-corrected chi connectivity index (χ4v) is 3.16. The van der Waals surface area contributed by atoms with Gasteiger partial charge in [-0.25, -0.2) is 0 Å². The van der Waals surface area contributed by atoms with Crippen molar-refractivity contribution >= 4 is 23.7 Å². The number of rotatable bonds is 20. The van der Waals surface area contributed by atoms with Crippen molar-refractivity contribution in [1.29, 1.82) is 0 Å². The van der Waals surface area contributed by atoms with E-state index in [1.165, 1.54) is 32.1 Å². The van der Waals surface area contributed by atoms with Gasteiger partial charge in [0.1, 0.15) is 0 Å². The highest BCUT2D eigenvalue weighted by Gasteiger charge is 2.28. The highest BCUT2D eigenvalue weighted by atomic mass is 16.4. The molecule has 1 atom stereocenters. The van der Waals surface area contributed by atoms with Gasteiger partial charge in [-0.2, -0.15) is 0 Å². The van der Waals surface area contributed by atoms with E-state index in [-0.39, 0.29) is 18.7 Å². The molecule has 4 N–H and O–H groups in total. The van der Waals surface area contributed by atoms with E-state index >= 15 is 0 Å². The maximum atomic E-state index is 12.6. The van der Waals surface area contributed by atoms with Gasteiger partial charge >= 0.3 is 17.9 Å². The average molecular weight is 417 g/mol. The lowest BCUT2D eigenvalue weighted by Gasteiger charge is -2.28. The average Bonchev–Trinajstić information content (AvgIpc) is 2.62. The van der Waals surface area contributed by atoms with E-state index in [1.54, 1.807) is 0 Å². The van der Waals surface area contributed by atoms with Crippen LogP contribution in [-0.2, 0) is 19.2 Å². The number of hydrogen-bond acceptors (Lipinski definition) is 6. The Morgan fingerprint density at radius 1 is 0.759 bits per heavy atom. The molecular formula is C20H36N2O7. The fraction of sp³-hybridized carbons (Fsp3) is 0.800. The topological polar surface area (TPSA) is 144 Å². The van der Waals surface area contributed by atoms with Crippen molar-refractivity contribution in [1.82, 2.24) is 10.2 Å². The standard InChI is InChI=1S/C20H36N2O7/c1-2-3-4-5-6-7-8-9-10-11-17(23)16(12-21-13-18(24)25)22(14-19(26)27)15-20(28)29/h16,21H,2-15H2,1H3,(H,24,25)(H,26,27)(H,28,29). The van der Waals surface area contributed by atoms with E-state index in [1.807, 2.05) is 0 Å². The van der Waals surface area contributed by atoms with Gasteiger partial charge in [-0.1, -0.05) is 58.3 Å². The Hall–Kier alpha value is -2.00. The van der Waals surface area contributed by atoms with Crippen molar-refractivity contribution < 1.29 is 34.5 Å². The predicted molar refractivity (Wildman–Crippen MR) is 108 cm³/mol. The number of Topliss-reactive ketones (excluding diaryl/α,β-unsaturated/α-hetero) is 1. The molecule has 0 aromatic carbocycles. The molecule has 9 heteroatoms. The molecule has 0 rings (SSSR count). The third-order valence-electron chi connectivity index (χ3n) is 4.63. The van der Waals surface area contributed by atoms with Crippen LogP contribution in [0.5, 0.6) is 0 Å². The normalized spacial score (nSPS) is 12.1. The summed E-state index contributed by atoms with van der Waals surface area (Å²) >= 11 is 0. The number of carboxylic acid groups (broad SMARTS) is 3. The highest BCUT2D eigenvalue weighted by Crippen LogP contribution is 2.12. The molecule has 0 heterocycles. The highest BCUT2D eigenvalue weighted by molar-refractivity contribution is 5.85. The van der Waals surface area contributed by atoms with Gasteiger partial charge in [0.25, 0.3) is 0 Å². The van der Waals surface area contributed by atoms with Gasteiger partial charge in [-0.3, -0.25) is 24.1 Å². The van der Waals surface area contributed by atoms with E-state index < -0.39 is 43.6 Å². The van der Waals surface area contributed by atoms with Crippen molar-refractivity contribution in [2.75, 3.05) is 26.2 Å². The Balaban J connectivity index is 4.56. The first-order valence-electron chi connectivity index (χ1n) is 10.4. The monoisotopic (exact) mass is 416 g/mol. The third kappa shape index (κ3) is 15.6. The van der Waals surface area contributed by atoms with Crippen LogP contribution < -0.4 is 5.32 Å². The fourth-order valence-electron chi connectivity index (χ4n) is 3.16. The second-order valence-electron chi connectivity index (χ2n) is 7.28. The van der Waals surface area contributed by atoms with Crippen molar-refractivity contribution in [2.24, 2.45) is 0 Å². The summed E-state index contributed by atoms with van der Waals surface area (Å²) in [6.07, 6.45) is 10.0. The molecule has 0 fully saturated rings. The molecule has 29 heavy (non-hydrogen) atoms. The van der Waals surface area contributed by atoms with E-state index in [2.05, 4.69) is 12.2 Å². The van der Waals surface area contributed by atoms with Crippen LogP contribution in [0.15, 0.2) is 0 Å². The lowest BCUT2D eigenvalue weighted by Crippen LogP contribution is -2.51. The molecule has 168 valence electrons. The molecule has 0 amide bonds. The quantitative estimate of drug-likeness (QED) is 0.219. The molecule has 0 radical (unpaired) electrons. The van der Waals surface area contributed by atoms with Gasteiger partial charge in [0.15, 0.2) is 5.78 Å². The van der Waals surface area contributed by atoms with Crippen LogP contribution in [-0.4, -0.2) is 76.1 Å². The number of nitrogens with zero attached hydrogens (tertiary/aromatic N) is 1. The molecule has 0 aliphatic rings. The van der Waals surface area contributed by atoms with Crippen LogP contribution in [0.25, 0.3) is 0 Å². The van der Waals surface area contributed by atoms with E-state index in [0.717, 1.165) is 24.2 Å². The van der Waals surface area contributed by atoms with Crippen molar-refractivity contribution in [3.8, 4) is 0 Å². The summed E-state index contributed by atoms with van der Waals surface area (Å²) < 4.78 is 0. The number of nitrogens with one attached hydrogen (secondary N) is 1. The van der Waals surface area contributed by atoms with E-state index in [4.69, 9.17) is 15.3 Å². The third-order valence-corrected chi connectivity index (χ3v) is 4.63. The van der Waals surface area contributed by atoms with Crippen LogP contribution >= 0.6 is 0 Å². The van der Waals surface area contributed by atoms with E-state index in [9.17, 15) is 19.2 Å². The second-order valence-corrected chi connectivity index (χ2v) is 7.28. The summed E-state index contributed by atoms with van der Waals surface area (Å²) in [4.78, 5) is 46.5. The molecular weight excluding hydrogens is 380 g/mol. The summed E-state index contributed by atoms with van der Waals surface area (Å²) in [5.41, 5.74) is 0. The molecule has 0 bridgehead atoms. The summed E-state index contributed by atoms with van der Waals surface area (Å²) in [6.45, 7) is 0.471. The van der Waals surface area contributed by atoms with E-state index in [0.29, 0.717) is 6.42 Å². The summed E-state index contributed by atoms with van der Waals surface area (Å²) in [5, 5.41) is 29.4. The molecule has 0 saturated heterocycles. The Bertz CT molecular complexity index is 495. The zero-order valence-electron chi connectivity index (χ0n) is 17.4. The molecule has 0 aliphatic heterocycles.